The molecular weight excluding hydrogens is 392 g/mol. The standard InChI is InChI=1S/C21H26N2O5S/c1-3-27-21(25)23-11-9-16(10-12-23)22-20(24)19-8-7-17(28-19)14-29(26)18-6-4-5-15(2)13-18/h4-8,13,16H,3,9-12,14H2,1-2H3,(H,22,24)/t29-/m0/s1. The third-order valence-electron chi connectivity index (χ3n) is 4.77. The molecule has 0 unspecified atom stereocenters. The zero-order valence-corrected chi connectivity index (χ0v) is 17.5. The van der Waals surface area contributed by atoms with Gasteiger partial charge in [-0.2, -0.15) is 0 Å². The van der Waals surface area contributed by atoms with Crippen LogP contribution in [0.25, 0.3) is 0 Å². The first-order valence-corrected chi connectivity index (χ1v) is 11.0. The summed E-state index contributed by atoms with van der Waals surface area (Å²) in [6.45, 7) is 5.17. The number of aryl methyl sites for hydroxylation is 1. The Hall–Kier alpha value is -2.61. The number of rotatable bonds is 6. The van der Waals surface area contributed by atoms with E-state index >= 15 is 0 Å². The second-order valence-electron chi connectivity index (χ2n) is 7.01. The van der Waals surface area contributed by atoms with Crippen LogP contribution < -0.4 is 5.32 Å². The summed E-state index contributed by atoms with van der Waals surface area (Å²) in [6, 6.07) is 10.8. The normalized spacial score (nSPS) is 15.7. The van der Waals surface area contributed by atoms with Crippen LogP contribution in [0.3, 0.4) is 0 Å². The molecule has 8 heteroatoms. The molecule has 1 aliphatic rings. The van der Waals surface area contributed by atoms with Gasteiger partial charge in [0.05, 0.1) is 23.2 Å². The largest absolute Gasteiger partial charge is 0.455 e. The lowest BCUT2D eigenvalue weighted by molar-refractivity contribution is 0.0839. The highest BCUT2D eigenvalue weighted by molar-refractivity contribution is 7.84. The number of nitrogens with one attached hydrogen (secondary N) is 1. The van der Waals surface area contributed by atoms with Crippen molar-refractivity contribution in [2.24, 2.45) is 0 Å². The van der Waals surface area contributed by atoms with Crippen LogP contribution in [0.5, 0.6) is 0 Å². The number of furan rings is 1. The van der Waals surface area contributed by atoms with Crippen molar-refractivity contribution in [3.05, 3.63) is 53.5 Å². The number of piperidine rings is 1. The number of hydrogen-bond donors (Lipinski definition) is 1. The van der Waals surface area contributed by atoms with E-state index in [1.54, 1.807) is 24.0 Å². The summed E-state index contributed by atoms with van der Waals surface area (Å²) in [4.78, 5) is 26.6. The zero-order chi connectivity index (χ0) is 20.8. The first kappa shape index (κ1) is 21.1. The number of ether oxygens (including phenoxy) is 1. The number of carbonyl (C=O) groups excluding carboxylic acids is 2. The number of likely N-dealkylation sites (tertiary alicyclic amines) is 1. The molecule has 7 nitrogen and oxygen atoms in total. The van der Waals surface area contributed by atoms with E-state index in [-0.39, 0.29) is 29.6 Å². The Labute approximate surface area is 172 Å². The van der Waals surface area contributed by atoms with Crippen LogP contribution in [0.2, 0.25) is 0 Å². The highest BCUT2D eigenvalue weighted by Gasteiger charge is 2.25. The minimum Gasteiger partial charge on any atom is -0.455 e. The van der Waals surface area contributed by atoms with Gasteiger partial charge in [-0.3, -0.25) is 9.00 Å². The highest BCUT2D eigenvalue weighted by atomic mass is 32.2. The van der Waals surface area contributed by atoms with E-state index in [0.717, 1.165) is 10.5 Å². The summed E-state index contributed by atoms with van der Waals surface area (Å²) in [5, 5.41) is 2.95. The van der Waals surface area contributed by atoms with Crippen molar-refractivity contribution >= 4 is 22.8 Å². The number of benzene rings is 1. The molecule has 0 radical (unpaired) electrons. The van der Waals surface area contributed by atoms with Gasteiger partial charge in [-0.05, 0) is 56.5 Å². The summed E-state index contributed by atoms with van der Waals surface area (Å²) in [5.41, 5.74) is 1.05. The van der Waals surface area contributed by atoms with E-state index in [1.807, 2.05) is 31.2 Å². The molecule has 2 amide bonds. The van der Waals surface area contributed by atoms with Crippen LogP contribution >= 0.6 is 0 Å². The third kappa shape index (κ3) is 5.69. The lowest BCUT2D eigenvalue weighted by atomic mass is 10.1. The average molecular weight is 419 g/mol. The van der Waals surface area contributed by atoms with Gasteiger partial charge in [0.1, 0.15) is 5.76 Å². The Morgan fingerprint density at radius 2 is 2.00 bits per heavy atom. The fourth-order valence-corrected chi connectivity index (χ4v) is 4.35. The molecule has 1 saturated heterocycles. The van der Waals surface area contributed by atoms with Gasteiger partial charge in [0.2, 0.25) is 0 Å². The van der Waals surface area contributed by atoms with Gasteiger partial charge in [-0.1, -0.05) is 12.1 Å². The molecule has 1 aliphatic heterocycles. The lowest BCUT2D eigenvalue weighted by Crippen LogP contribution is -2.46. The molecule has 1 atom stereocenters. The van der Waals surface area contributed by atoms with Gasteiger partial charge < -0.3 is 19.4 Å². The number of carbonyl (C=O) groups is 2. The van der Waals surface area contributed by atoms with E-state index in [4.69, 9.17) is 9.15 Å². The van der Waals surface area contributed by atoms with Gasteiger partial charge in [0.25, 0.3) is 5.91 Å². The fourth-order valence-electron chi connectivity index (χ4n) is 3.22. The van der Waals surface area contributed by atoms with E-state index in [2.05, 4.69) is 5.32 Å². The SMILES string of the molecule is CCOC(=O)N1CCC(NC(=O)c2ccc(C[S@](=O)c3cccc(C)c3)o2)CC1. The van der Waals surface area contributed by atoms with E-state index < -0.39 is 10.8 Å². The van der Waals surface area contributed by atoms with Gasteiger partial charge in [-0.15, -0.1) is 0 Å². The highest BCUT2D eigenvalue weighted by Crippen LogP contribution is 2.17. The first-order valence-electron chi connectivity index (χ1n) is 9.72. The third-order valence-corrected chi connectivity index (χ3v) is 6.09. The number of nitrogens with zero attached hydrogens (tertiary/aromatic N) is 1. The molecule has 0 bridgehead atoms. The van der Waals surface area contributed by atoms with Crippen LogP contribution in [0, 0.1) is 6.92 Å². The number of hydrogen-bond acceptors (Lipinski definition) is 5. The Bertz CT molecular complexity index is 887. The van der Waals surface area contributed by atoms with Crippen LogP contribution in [-0.4, -0.2) is 46.8 Å². The Balaban J connectivity index is 1.51. The average Bonchev–Trinajstić information content (AvgIpc) is 3.17. The Morgan fingerprint density at radius 3 is 2.69 bits per heavy atom. The maximum atomic E-state index is 12.5. The monoisotopic (exact) mass is 418 g/mol. The number of amides is 2. The van der Waals surface area contributed by atoms with Crippen LogP contribution in [0.4, 0.5) is 4.79 Å². The molecular formula is C21H26N2O5S. The fraction of sp³-hybridized carbons (Fsp3) is 0.429. The Kier molecular flexibility index (Phi) is 7.09. The second-order valence-corrected chi connectivity index (χ2v) is 8.46. The van der Waals surface area contributed by atoms with Gasteiger partial charge in [0.15, 0.2) is 5.76 Å². The molecule has 3 rings (SSSR count). The molecule has 0 spiro atoms. The van der Waals surface area contributed by atoms with Crippen LogP contribution in [0.1, 0.15) is 41.6 Å². The molecule has 29 heavy (non-hydrogen) atoms. The Morgan fingerprint density at radius 1 is 1.24 bits per heavy atom. The van der Waals surface area contributed by atoms with Crippen LogP contribution in [-0.2, 0) is 21.3 Å². The van der Waals surface area contributed by atoms with Crippen molar-refractivity contribution < 1.29 is 23.0 Å². The van der Waals surface area contributed by atoms with E-state index in [1.165, 1.54) is 0 Å². The lowest BCUT2D eigenvalue weighted by Gasteiger charge is -2.31. The molecule has 2 heterocycles. The minimum absolute atomic E-state index is 0.0249. The molecule has 2 aromatic rings. The van der Waals surface area contributed by atoms with E-state index in [0.29, 0.717) is 38.3 Å². The predicted octanol–water partition coefficient (Wildman–Crippen LogP) is 3.25. The van der Waals surface area contributed by atoms with Crippen LogP contribution in [0.15, 0.2) is 45.7 Å². The summed E-state index contributed by atoms with van der Waals surface area (Å²) in [5.74, 6) is 0.627. The van der Waals surface area contributed by atoms with Crippen molar-refractivity contribution in [2.45, 2.75) is 43.4 Å². The maximum Gasteiger partial charge on any atom is 0.409 e. The van der Waals surface area contributed by atoms with Crippen molar-refractivity contribution in [3.8, 4) is 0 Å². The van der Waals surface area contributed by atoms with Gasteiger partial charge in [0, 0.05) is 24.0 Å². The van der Waals surface area contributed by atoms with Crippen molar-refractivity contribution in [3.63, 3.8) is 0 Å². The molecule has 1 N–H and O–H groups in total. The molecule has 156 valence electrons. The maximum absolute atomic E-state index is 12.5. The van der Waals surface area contributed by atoms with Crippen molar-refractivity contribution in [1.29, 1.82) is 0 Å². The second kappa shape index (κ2) is 9.73. The molecule has 0 saturated carbocycles. The summed E-state index contributed by atoms with van der Waals surface area (Å²) < 4.78 is 23.1. The topological polar surface area (TPSA) is 88.9 Å². The van der Waals surface area contributed by atoms with Crippen molar-refractivity contribution in [2.75, 3.05) is 19.7 Å². The summed E-state index contributed by atoms with van der Waals surface area (Å²) >= 11 is 0. The zero-order valence-electron chi connectivity index (χ0n) is 16.7. The summed E-state index contributed by atoms with van der Waals surface area (Å²) in [6.07, 6.45) is 1.01. The quantitative estimate of drug-likeness (QED) is 0.778. The van der Waals surface area contributed by atoms with Gasteiger partial charge >= 0.3 is 6.09 Å². The molecule has 1 fully saturated rings. The first-order chi connectivity index (χ1) is 14.0. The van der Waals surface area contributed by atoms with E-state index in [9.17, 15) is 13.8 Å². The van der Waals surface area contributed by atoms with Crippen molar-refractivity contribution in [1.82, 2.24) is 10.2 Å². The predicted molar refractivity (Wildman–Crippen MR) is 109 cm³/mol. The molecule has 1 aromatic heterocycles. The minimum atomic E-state index is -1.24. The molecule has 0 aliphatic carbocycles. The van der Waals surface area contributed by atoms with Gasteiger partial charge in [-0.25, -0.2) is 4.79 Å². The smallest absolute Gasteiger partial charge is 0.409 e. The molecule has 1 aromatic carbocycles. The summed E-state index contributed by atoms with van der Waals surface area (Å²) in [7, 11) is -1.24.